The quantitative estimate of drug-likeness (QED) is 0.473. The van der Waals surface area contributed by atoms with Crippen molar-refractivity contribution in [3.05, 3.63) is 57.7 Å². The Hall–Kier alpha value is -1.56. The monoisotopic (exact) mass is 316 g/mol. The van der Waals surface area contributed by atoms with E-state index in [0.29, 0.717) is 0 Å². The molecule has 1 aromatic rings. The SMILES string of the molecule is c1ccc2c(c1)C1=C(CCCC1)C1=C(CCCC1)C1=C2CCCC1. The maximum absolute atomic E-state index is 2.42. The van der Waals surface area contributed by atoms with Gasteiger partial charge in [-0.1, -0.05) is 24.3 Å². The molecule has 0 radical (unpaired) electrons. The molecule has 24 heavy (non-hydrogen) atoms. The van der Waals surface area contributed by atoms with E-state index < -0.39 is 0 Å². The summed E-state index contributed by atoms with van der Waals surface area (Å²) in [6.07, 6.45) is 16.3. The highest BCUT2D eigenvalue weighted by Gasteiger charge is 2.30. The Labute approximate surface area is 146 Å². The first-order valence-corrected chi connectivity index (χ1v) is 10.2. The van der Waals surface area contributed by atoms with Gasteiger partial charge in [0, 0.05) is 0 Å². The van der Waals surface area contributed by atoms with Gasteiger partial charge in [-0.25, -0.2) is 0 Å². The Bertz CT molecular complexity index is 704. The van der Waals surface area contributed by atoms with Crippen LogP contribution in [0.25, 0.3) is 11.1 Å². The minimum Gasteiger partial charge on any atom is -0.0616 e. The van der Waals surface area contributed by atoms with Gasteiger partial charge in [-0.05, 0) is 122 Å². The molecule has 0 heteroatoms. The van der Waals surface area contributed by atoms with Crippen LogP contribution in [0.1, 0.15) is 88.2 Å². The summed E-state index contributed by atoms with van der Waals surface area (Å²) in [7, 11) is 0. The summed E-state index contributed by atoms with van der Waals surface area (Å²) in [5.41, 5.74) is 13.7. The average Bonchev–Trinajstić information content (AvgIpc) is 2.67. The first-order chi connectivity index (χ1) is 11.9. The van der Waals surface area contributed by atoms with Crippen molar-refractivity contribution in [1.82, 2.24) is 0 Å². The van der Waals surface area contributed by atoms with Crippen molar-refractivity contribution >= 4 is 11.1 Å². The van der Waals surface area contributed by atoms with Crippen LogP contribution in [0.2, 0.25) is 0 Å². The number of allylic oxidation sites excluding steroid dienone is 6. The zero-order valence-electron chi connectivity index (χ0n) is 14.8. The molecule has 0 heterocycles. The van der Waals surface area contributed by atoms with Gasteiger partial charge in [-0.2, -0.15) is 0 Å². The Balaban J connectivity index is 1.85. The van der Waals surface area contributed by atoms with Crippen molar-refractivity contribution in [2.45, 2.75) is 77.0 Å². The molecule has 0 nitrogen and oxygen atoms in total. The van der Waals surface area contributed by atoms with Crippen molar-refractivity contribution in [2.24, 2.45) is 0 Å². The molecule has 4 aliphatic rings. The second-order valence-corrected chi connectivity index (χ2v) is 8.04. The molecule has 0 N–H and O–H groups in total. The molecule has 0 spiro atoms. The summed E-state index contributed by atoms with van der Waals surface area (Å²) in [6.45, 7) is 0. The van der Waals surface area contributed by atoms with Gasteiger partial charge in [0.1, 0.15) is 0 Å². The molecule has 1 aromatic carbocycles. The second-order valence-electron chi connectivity index (χ2n) is 8.04. The minimum absolute atomic E-state index is 1.30. The Morgan fingerprint density at radius 1 is 0.375 bits per heavy atom. The second kappa shape index (κ2) is 6.06. The van der Waals surface area contributed by atoms with Crippen LogP contribution in [0, 0.1) is 0 Å². The normalized spacial score (nSPS) is 23.8. The van der Waals surface area contributed by atoms with Crippen molar-refractivity contribution < 1.29 is 0 Å². The molecule has 0 aliphatic heterocycles. The van der Waals surface area contributed by atoms with E-state index >= 15 is 0 Å². The molecule has 0 bridgehead atoms. The lowest BCUT2D eigenvalue weighted by Gasteiger charge is -2.35. The first kappa shape index (κ1) is 14.8. The molecule has 0 aromatic heterocycles. The standard InChI is InChI=1S/C24H28/c1-2-10-18-17(9-1)19-11-3-4-13-21(19)23-15-7-8-16-24(23)22-14-6-5-12-20(18)22/h1-2,9-10H,3-8,11-16H2. The highest BCUT2D eigenvalue weighted by Crippen LogP contribution is 2.50. The number of hydrogen-bond acceptors (Lipinski definition) is 0. The Morgan fingerprint density at radius 3 is 1.04 bits per heavy atom. The van der Waals surface area contributed by atoms with Gasteiger partial charge >= 0.3 is 0 Å². The predicted octanol–water partition coefficient (Wildman–Crippen LogP) is 7.23. The van der Waals surface area contributed by atoms with Crippen LogP contribution in [-0.4, -0.2) is 0 Å². The molecule has 0 amide bonds. The summed E-state index contributed by atoms with van der Waals surface area (Å²) in [5.74, 6) is 0. The van der Waals surface area contributed by atoms with Gasteiger partial charge in [0.2, 0.25) is 0 Å². The molecule has 0 fully saturated rings. The molecule has 0 unspecified atom stereocenters. The lowest BCUT2D eigenvalue weighted by atomic mass is 9.70. The topological polar surface area (TPSA) is 0 Å². The van der Waals surface area contributed by atoms with Crippen molar-refractivity contribution in [3.63, 3.8) is 0 Å². The summed E-state index contributed by atoms with van der Waals surface area (Å²) in [5, 5.41) is 0. The first-order valence-electron chi connectivity index (χ1n) is 10.2. The largest absolute Gasteiger partial charge is 0.0616 e. The van der Waals surface area contributed by atoms with Gasteiger partial charge < -0.3 is 0 Å². The van der Waals surface area contributed by atoms with E-state index in [2.05, 4.69) is 24.3 Å². The van der Waals surface area contributed by atoms with E-state index in [1.165, 1.54) is 77.0 Å². The third kappa shape index (κ3) is 2.26. The third-order valence-electron chi connectivity index (χ3n) is 6.71. The highest BCUT2D eigenvalue weighted by atomic mass is 14.3. The van der Waals surface area contributed by atoms with Gasteiger partial charge in [0.25, 0.3) is 0 Å². The number of benzene rings is 1. The van der Waals surface area contributed by atoms with Gasteiger partial charge in [0.05, 0.1) is 0 Å². The molecule has 5 rings (SSSR count). The van der Waals surface area contributed by atoms with E-state index in [1.807, 2.05) is 0 Å². The van der Waals surface area contributed by atoms with Crippen molar-refractivity contribution in [2.75, 3.05) is 0 Å². The number of rotatable bonds is 0. The Kier molecular flexibility index (Phi) is 3.73. The van der Waals surface area contributed by atoms with Crippen molar-refractivity contribution in [1.29, 1.82) is 0 Å². The van der Waals surface area contributed by atoms with E-state index in [-0.39, 0.29) is 0 Å². The molecule has 0 atom stereocenters. The van der Waals surface area contributed by atoms with E-state index in [4.69, 9.17) is 0 Å². The van der Waals surface area contributed by atoms with E-state index in [0.717, 1.165) is 0 Å². The summed E-state index contributed by atoms with van der Waals surface area (Å²) >= 11 is 0. The van der Waals surface area contributed by atoms with Crippen LogP contribution < -0.4 is 0 Å². The maximum Gasteiger partial charge on any atom is -0.0146 e. The van der Waals surface area contributed by atoms with Crippen LogP contribution in [0.5, 0.6) is 0 Å². The van der Waals surface area contributed by atoms with E-state index in [9.17, 15) is 0 Å². The average molecular weight is 316 g/mol. The fourth-order valence-electron chi connectivity index (χ4n) is 5.65. The van der Waals surface area contributed by atoms with Crippen LogP contribution >= 0.6 is 0 Å². The van der Waals surface area contributed by atoms with Crippen molar-refractivity contribution in [3.8, 4) is 0 Å². The fraction of sp³-hybridized carbons (Fsp3) is 0.500. The van der Waals surface area contributed by atoms with Crippen LogP contribution in [-0.2, 0) is 0 Å². The van der Waals surface area contributed by atoms with E-state index in [1.54, 1.807) is 44.6 Å². The van der Waals surface area contributed by atoms with Crippen LogP contribution in [0.15, 0.2) is 46.6 Å². The van der Waals surface area contributed by atoms with Gasteiger partial charge in [-0.3, -0.25) is 0 Å². The van der Waals surface area contributed by atoms with Crippen LogP contribution in [0.4, 0.5) is 0 Å². The maximum atomic E-state index is 2.42. The fourth-order valence-corrected chi connectivity index (χ4v) is 5.65. The third-order valence-corrected chi connectivity index (χ3v) is 6.71. The zero-order valence-corrected chi connectivity index (χ0v) is 14.8. The molecule has 0 saturated heterocycles. The summed E-state index contributed by atoms with van der Waals surface area (Å²) in [6, 6.07) is 9.37. The van der Waals surface area contributed by atoms with Gasteiger partial charge in [-0.15, -0.1) is 0 Å². The zero-order chi connectivity index (χ0) is 15.9. The van der Waals surface area contributed by atoms with Crippen LogP contribution in [0.3, 0.4) is 0 Å². The highest BCUT2D eigenvalue weighted by molar-refractivity contribution is 5.87. The lowest BCUT2D eigenvalue weighted by molar-refractivity contribution is 0.636. The Morgan fingerprint density at radius 2 is 0.667 bits per heavy atom. The number of fused-ring (bicyclic) bond motifs is 5. The van der Waals surface area contributed by atoms with Gasteiger partial charge in [0.15, 0.2) is 0 Å². The molecular formula is C24H28. The summed E-state index contributed by atoms with van der Waals surface area (Å²) in [4.78, 5) is 0. The number of hydrogen-bond donors (Lipinski definition) is 0. The predicted molar refractivity (Wildman–Crippen MR) is 103 cm³/mol. The lowest BCUT2D eigenvalue weighted by Crippen LogP contribution is -2.15. The molecule has 124 valence electrons. The molecular weight excluding hydrogens is 288 g/mol. The minimum atomic E-state index is 1.30. The smallest absolute Gasteiger partial charge is 0.0146 e. The molecule has 4 aliphatic carbocycles. The molecule has 0 saturated carbocycles. The summed E-state index contributed by atoms with van der Waals surface area (Å²) < 4.78 is 0.